The van der Waals surface area contributed by atoms with E-state index < -0.39 is 0 Å². The van der Waals surface area contributed by atoms with E-state index in [4.69, 9.17) is 15.7 Å². The average molecular weight is 277 g/mol. The van der Waals surface area contributed by atoms with E-state index in [2.05, 4.69) is 10.5 Å². The maximum absolute atomic E-state index is 12.2. The molecule has 1 unspecified atom stereocenters. The first-order chi connectivity index (χ1) is 9.72. The van der Waals surface area contributed by atoms with Gasteiger partial charge < -0.3 is 21.0 Å². The van der Waals surface area contributed by atoms with Gasteiger partial charge in [-0.15, -0.1) is 0 Å². The fraction of sp³-hybridized carbons (Fsp3) is 0.429. The molecule has 1 heterocycles. The number of hydrogen-bond donors (Lipinski definition) is 3. The van der Waals surface area contributed by atoms with Gasteiger partial charge in [-0.05, 0) is 18.9 Å². The fourth-order valence-electron chi connectivity index (χ4n) is 2.27. The molecule has 0 bridgehead atoms. The first-order valence-corrected chi connectivity index (χ1v) is 6.68. The summed E-state index contributed by atoms with van der Waals surface area (Å²) < 4.78 is 5.54. The van der Waals surface area contributed by atoms with Gasteiger partial charge in [0.05, 0.1) is 12.5 Å². The highest BCUT2D eigenvalue weighted by molar-refractivity contribution is 5.84. The molecule has 6 heteroatoms. The third-order valence-electron chi connectivity index (χ3n) is 3.31. The van der Waals surface area contributed by atoms with Crippen LogP contribution in [0.4, 0.5) is 0 Å². The number of carbonyl (C=O) groups excluding carboxylic acids is 1. The van der Waals surface area contributed by atoms with E-state index in [1.54, 1.807) is 0 Å². The Morgan fingerprint density at radius 2 is 2.30 bits per heavy atom. The van der Waals surface area contributed by atoms with Crippen molar-refractivity contribution in [1.29, 1.82) is 0 Å². The minimum atomic E-state index is -0.163. The van der Waals surface area contributed by atoms with Crippen molar-refractivity contribution in [3.8, 4) is 5.75 Å². The number of nitrogens with zero attached hydrogens (tertiary/aromatic N) is 1. The minimum Gasteiger partial charge on any atom is -0.493 e. The third kappa shape index (κ3) is 3.40. The minimum absolute atomic E-state index is 0.000240. The lowest BCUT2D eigenvalue weighted by atomic mass is 9.92. The summed E-state index contributed by atoms with van der Waals surface area (Å²) in [5.41, 5.74) is 6.30. The van der Waals surface area contributed by atoms with Crippen LogP contribution in [0, 0.1) is 0 Å². The predicted molar refractivity (Wildman–Crippen MR) is 74.9 cm³/mol. The van der Waals surface area contributed by atoms with Crippen LogP contribution in [0.25, 0.3) is 0 Å². The van der Waals surface area contributed by atoms with E-state index in [1.165, 1.54) is 0 Å². The Morgan fingerprint density at radius 1 is 1.50 bits per heavy atom. The van der Waals surface area contributed by atoms with Gasteiger partial charge in [-0.1, -0.05) is 23.4 Å². The molecule has 4 N–H and O–H groups in total. The second kappa shape index (κ2) is 6.79. The summed E-state index contributed by atoms with van der Waals surface area (Å²) >= 11 is 0. The number of fused-ring (bicyclic) bond motifs is 1. The maximum atomic E-state index is 12.2. The lowest BCUT2D eigenvalue weighted by Crippen LogP contribution is -2.33. The first-order valence-electron chi connectivity index (χ1n) is 6.68. The predicted octanol–water partition coefficient (Wildman–Crippen LogP) is 1.20. The zero-order chi connectivity index (χ0) is 14.4. The van der Waals surface area contributed by atoms with Gasteiger partial charge >= 0.3 is 0 Å². The molecule has 2 rings (SSSR count). The van der Waals surface area contributed by atoms with Crippen molar-refractivity contribution >= 4 is 11.7 Å². The van der Waals surface area contributed by atoms with Crippen LogP contribution in [0.5, 0.6) is 5.75 Å². The van der Waals surface area contributed by atoms with Gasteiger partial charge in [0.2, 0.25) is 5.91 Å². The topological polar surface area (TPSA) is 96.9 Å². The molecule has 20 heavy (non-hydrogen) atoms. The SMILES string of the molecule is NC(CCCNC(=O)C1CCOc2ccccc21)=NO. The van der Waals surface area contributed by atoms with Gasteiger partial charge in [0, 0.05) is 18.5 Å². The number of carbonyl (C=O) groups is 1. The third-order valence-corrected chi connectivity index (χ3v) is 3.31. The monoisotopic (exact) mass is 277 g/mol. The molecule has 1 atom stereocenters. The van der Waals surface area contributed by atoms with Crippen molar-refractivity contribution in [3.63, 3.8) is 0 Å². The highest BCUT2D eigenvalue weighted by atomic mass is 16.5. The second-order valence-electron chi connectivity index (χ2n) is 4.71. The summed E-state index contributed by atoms with van der Waals surface area (Å²) in [6, 6.07) is 7.62. The number of oxime groups is 1. The molecule has 0 radical (unpaired) electrons. The fourth-order valence-corrected chi connectivity index (χ4v) is 2.27. The highest BCUT2D eigenvalue weighted by Crippen LogP contribution is 2.33. The molecule has 1 amide bonds. The molecule has 1 aliphatic heterocycles. The largest absolute Gasteiger partial charge is 0.493 e. The van der Waals surface area contributed by atoms with E-state index in [-0.39, 0.29) is 17.7 Å². The number of amidine groups is 1. The van der Waals surface area contributed by atoms with E-state index in [0.29, 0.717) is 32.4 Å². The van der Waals surface area contributed by atoms with Crippen LogP contribution in [0.2, 0.25) is 0 Å². The molecule has 0 aliphatic carbocycles. The molecule has 1 aromatic carbocycles. The van der Waals surface area contributed by atoms with Crippen LogP contribution >= 0.6 is 0 Å². The van der Waals surface area contributed by atoms with Crippen molar-refractivity contribution in [2.24, 2.45) is 10.9 Å². The molecule has 1 aromatic rings. The highest BCUT2D eigenvalue weighted by Gasteiger charge is 2.26. The molecule has 1 aliphatic rings. The normalized spacial score (nSPS) is 18.0. The second-order valence-corrected chi connectivity index (χ2v) is 4.71. The average Bonchev–Trinajstić information content (AvgIpc) is 2.50. The number of ether oxygens (including phenoxy) is 1. The van der Waals surface area contributed by atoms with Crippen LogP contribution in [-0.2, 0) is 4.79 Å². The Bertz CT molecular complexity index is 502. The van der Waals surface area contributed by atoms with Crippen molar-refractivity contribution in [3.05, 3.63) is 29.8 Å². The molecule has 0 aromatic heterocycles. The van der Waals surface area contributed by atoms with Gasteiger partial charge in [-0.25, -0.2) is 0 Å². The Kier molecular flexibility index (Phi) is 4.81. The number of amides is 1. The molecule has 108 valence electrons. The Hall–Kier alpha value is -2.24. The Labute approximate surface area is 117 Å². The number of nitrogens with one attached hydrogen (secondary N) is 1. The molecule has 0 spiro atoms. The lowest BCUT2D eigenvalue weighted by molar-refractivity contribution is -0.123. The molecular weight excluding hydrogens is 258 g/mol. The van der Waals surface area contributed by atoms with Crippen LogP contribution in [0.3, 0.4) is 0 Å². The van der Waals surface area contributed by atoms with Crippen molar-refractivity contribution in [2.75, 3.05) is 13.2 Å². The summed E-state index contributed by atoms with van der Waals surface area (Å²) in [6.45, 7) is 1.06. The van der Waals surface area contributed by atoms with Crippen LogP contribution in [-0.4, -0.2) is 30.1 Å². The smallest absolute Gasteiger partial charge is 0.227 e. The molecule has 0 saturated carbocycles. The zero-order valence-corrected chi connectivity index (χ0v) is 11.2. The molecule has 0 saturated heterocycles. The van der Waals surface area contributed by atoms with Crippen LogP contribution in [0.1, 0.15) is 30.7 Å². The van der Waals surface area contributed by atoms with E-state index in [9.17, 15) is 4.79 Å². The van der Waals surface area contributed by atoms with E-state index in [1.807, 2.05) is 24.3 Å². The number of rotatable bonds is 5. The quantitative estimate of drug-likeness (QED) is 0.248. The van der Waals surface area contributed by atoms with Crippen molar-refractivity contribution in [1.82, 2.24) is 5.32 Å². The number of nitrogens with two attached hydrogens (primary N) is 1. The maximum Gasteiger partial charge on any atom is 0.227 e. The molecular formula is C14H19N3O3. The number of hydrogen-bond acceptors (Lipinski definition) is 4. The van der Waals surface area contributed by atoms with E-state index in [0.717, 1.165) is 11.3 Å². The summed E-state index contributed by atoms with van der Waals surface area (Å²) in [5, 5.41) is 14.2. The van der Waals surface area contributed by atoms with E-state index >= 15 is 0 Å². The summed E-state index contributed by atoms with van der Waals surface area (Å²) in [7, 11) is 0. The summed E-state index contributed by atoms with van der Waals surface area (Å²) in [4.78, 5) is 12.2. The van der Waals surface area contributed by atoms with Crippen LogP contribution < -0.4 is 15.8 Å². The Balaban J connectivity index is 1.88. The molecule has 6 nitrogen and oxygen atoms in total. The molecule has 0 fully saturated rings. The van der Waals surface area contributed by atoms with Gasteiger partial charge in [-0.3, -0.25) is 4.79 Å². The van der Waals surface area contributed by atoms with Gasteiger partial charge in [0.1, 0.15) is 11.6 Å². The first kappa shape index (κ1) is 14.2. The van der Waals surface area contributed by atoms with Gasteiger partial charge in [-0.2, -0.15) is 0 Å². The van der Waals surface area contributed by atoms with Gasteiger partial charge in [0.25, 0.3) is 0 Å². The lowest BCUT2D eigenvalue weighted by Gasteiger charge is -2.25. The summed E-state index contributed by atoms with van der Waals surface area (Å²) in [6.07, 6.45) is 1.79. The van der Waals surface area contributed by atoms with Crippen molar-refractivity contribution < 1.29 is 14.7 Å². The summed E-state index contributed by atoms with van der Waals surface area (Å²) in [5.74, 6) is 0.801. The van der Waals surface area contributed by atoms with Crippen molar-refractivity contribution in [2.45, 2.75) is 25.2 Å². The standard InChI is InChI=1S/C14H19N3O3/c15-13(17-19)6-3-8-16-14(18)11-7-9-20-12-5-2-1-4-10(11)12/h1-2,4-5,11,19H,3,6-9H2,(H2,15,17)(H,16,18). The van der Waals surface area contributed by atoms with Gasteiger partial charge in [0.15, 0.2) is 0 Å². The zero-order valence-electron chi connectivity index (χ0n) is 11.2. The Morgan fingerprint density at radius 3 is 3.10 bits per heavy atom. The number of benzene rings is 1. The van der Waals surface area contributed by atoms with Crippen LogP contribution in [0.15, 0.2) is 29.4 Å². The number of para-hydroxylation sites is 1.